The Balaban J connectivity index is 2.44. The molecule has 0 aliphatic carbocycles. The van der Waals surface area contributed by atoms with E-state index >= 15 is 0 Å². The Morgan fingerprint density at radius 1 is 1.42 bits per heavy atom. The number of rotatable bonds is 6. The minimum absolute atomic E-state index is 0.0243. The molecule has 0 atom stereocenters. The number of nitrogens with one attached hydrogen (secondary N) is 1. The number of halogens is 3. The fourth-order valence-corrected chi connectivity index (χ4v) is 2.15. The fraction of sp³-hybridized carbons (Fsp3) is 0.444. The Hall–Kier alpha value is -1.39. The van der Waals surface area contributed by atoms with Gasteiger partial charge in [0.05, 0.1) is 11.5 Å². The number of sulfonamides is 1. The number of alkyl halides is 3. The molecule has 0 amide bonds. The van der Waals surface area contributed by atoms with Crippen molar-refractivity contribution in [2.75, 3.05) is 25.5 Å². The Kier molecular flexibility index (Phi) is 5.09. The van der Waals surface area contributed by atoms with E-state index in [4.69, 9.17) is 5.73 Å². The topological polar surface area (TPSA) is 94.3 Å². The van der Waals surface area contributed by atoms with Crippen LogP contribution in [0.25, 0.3) is 0 Å². The SMILES string of the molecule is Nc1cc(S(=O)(=O)NCCOCC(F)(F)F)ccn1. The molecule has 0 aliphatic heterocycles. The van der Waals surface area contributed by atoms with Crippen molar-refractivity contribution in [3.63, 3.8) is 0 Å². The summed E-state index contributed by atoms with van der Waals surface area (Å²) < 4.78 is 64.9. The number of nitrogens with two attached hydrogens (primary N) is 1. The third-order valence-corrected chi connectivity index (χ3v) is 3.33. The Bertz CT molecular complexity index is 519. The zero-order valence-electron chi connectivity index (χ0n) is 9.64. The molecule has 108 valence electrons. The number of pyridine rings is 1. The number of hydrogen-bond donors (Lipinski definition) is 2. The standard InChI is InChI=1S/C9H12F3N3O3S/c10-9(11,12)6-18-4-3-15-19(16,17)7-1-2-14-8(13)5-7/h1-2,5,15H,3-4,6H2,(H2,13,14). The maximum absolute atomic E-state index is 11.7. The quantitative estimate of drug-likeness (QED) is 0.747. The lowest BCUT2D eigenvalue weighted by molar-refractivity contribution is -0.173. The summed E-state index contributed by atoms with van der Waals surface area (Å²) in [6.07, 6.45) is -3.22. The lowest BCUT2D eigenvalue weighted by Gasteiger charge is -2.09. The summed E-state index contributed by atoms with van der Waals surface area (Å²) >= 11 is 0. The lowest BCUT2D eigenvalue weighted by Crippen LogP contribution is -2.29. The van der Waals surface area contributed by atoms with Crippen molar-refractivity contribution in [2.45, 2.75) is 11.1 Å². The molecule has 0 radical (unpaired) electrons. The molecule has 1 rings (SSSR count). The van der Waals surface area contributed by atoms with E-state index in [-0.39, 0.29) is 23.9 Å². The number of anilines is 1. The maximum atomic E-state index is 11.7. The van der Waals surface area contributed by atoms with Gasteiger partial charge in [-0.1, -0.05) is 0 Å². The summed E-state index contributed by atoms with van der Waals surface area (Å²) in [7, 11) is -3.83. The summed E-state index contributed by atoms with van der Waals surface area (Å²) in [5, 5.41) is 0. The van der Waals surface area contributed by atoms with E-state index in [9.17, 15) is 21.6 Å². The molecule has 1 heterocycles. The highest BCUT2D eigenvalue weighted by Gasteiger charge is 2.27. The minimum atomic E-state index is -4.43. The van der Waals surface area contributed by atoms with E-state index in [0.717, 1.165) is 6.07 Å². The summed E-state index contributed by atoms with van der Waals surface area (Å²) in [4.78, 5) is 3.51. The molecule has 0 saturated carbocycles. The first kappa shape index (κ1) is 15.7. The molecule has 0 unspecified atom stereocenters. The van der Waals surface area contributed by atoms with Crippen LogP contribution in [0.5, 0.6) is 0 Å². The third-order valence-electron chi connectivity index (χ3n) is 1.87. The molecule has 0 saturated heterocycles. The molecule has 0 fully saturated rings. The molecule has 0 spiro atoms. The second kappa shape index (κ2) is 6.17. The van der Waals surface area contributed by atoms with Gasteiger partial charge in [-0.05, 0) is 6.07 Å². The number of hydrogen-bond acceptors (Lipinski definition) is 5. The smallest absolute Gasteiger partial charge is 0.384 e. The van der Waals surface area contributed by atoms with Crippen molar-refractivity contribution in [1.29, 1.82) is 0 Å². The van der Waals surface area contributed by atoms with Crippen LogP contribution in [0.2, 0.25) is 0 Å². The van der Waals surface area contributed by atoms with Gasteiger partial charge in [0.2, 0.25) is 10.0 Å². The first-order valence-electron chi connectivity index (χ1n) is 5.06. The normalized spacial score (nSPS) is 12.6. The Morgan fingerprint density at radius 2 is 2.11 bits per heavy atom. The van der Waals surface area contributed by atoms with E-state index in [1.54, 1.807) is 0 Å². The zero-order chi connectivity index (χ0) is 14.5. The van der Waals surface area contributed by atoms with E-state index in [0.29, 0.717) is 0 Å². The van der Waals surface area contributed by atoms with Crippen LogP contribution < -0.4 is 10.5 Å². The van der Waals surface area contributed by atoms with Gasteiger partial charge in [-0.3, -0.25) is 0 Å². The van der Waals surface area contributed by atoms with Gasteiger partial charge >= 0.3 is 6.18 Å². The number of aromatic nitrogens is 1. The maximum Gasteiger partial charge on any atom is 0.411 e. The fourth-order valence-electron chi connectivity index (χ4n) is 1.11. The largest absolute Gasteiger partial charge is 0.411 e. The molecular formula is C9H12F3N3O3S. The van der Waals surface area contributed by atoms with Crippen molar-refractivity contribution in [3.05, 3.63) is 18.3 Å². The molecule has 1 aromatic heterocycles. The van der Waals surface area contributed by atoms with Gasteiger partial charge in [0, 0.05) is 18.8 Å². The summed E-state index contributed by atoms with van der Waals surface area (Å²) in [5.41, 5.74) is 5.33. The van der Waals surface area contributed by atoms with Gasteiger partial charge in [-0.25, -0.2) is 18.1 Å². The second-order valence-corrected chi connectivity index (χ2v) is 5.25. The molecular weight excluding hydrogens is 287 g/mol. The molecule has 0 aliphatic rings. The van der Waals surface area contributed by atoms with Crippen molar-refractivity contribution < 1.29 is 26.3 Å². The van der Waals surface area contributed by atoms with Crippen LogP contribution in [0.4, 0.5) is 19.0 Å². The van der Waals surface area contributed by atoms with Gasteiger partial charge in [-0.2, -0.15) is 13.2 Å². The monoisotopic (exact) mass is 299 g/mol. The van der Waals surface area contributed by atoms with Crippen molar-refractivity contribution >= 4 is 15.8 Å². The highest BCUT2D eigenvalue weighted by Crippen LogP contribution is 2.14. The molecule has 10 heteroatoms. The second-order valence-electron chi connectivity index (χ2n) is 3.48. The predicted octanol–water partition coefficient (Wildman–Crippen LogP) is 0.521. The highest BCUT2D eigenvalue weighted by atomic mass is 32.2. The number of nitrogen functional groups attached to an aromatic ring is 1. The minimum Gasteiger partial charge on any atom is -0.384 e. The zero-order valence-corrected chi connectivity index (χ0v) is 10.5. The Morgan fingerprint density at radius 3 is 2.68 bits per heavy atom. The van der Waals surface area contributed by atoms with Crippen LogP contribution in [0, 0.1) is 0 Å². The van der Waals surface area contributed by atoms with E-state index in [1.165, 1.54) is 12.3 Å². The van der Waals surface area contributed by atoms with Crippen LogP contribution in [0.1, 0.15) is 0 Å². The van der Waals surface area contributed by atoms with E-state index in [1.807, 2.05) is 0 Å². The van der Waals surface area contributed by atoms with Gasteiger partial charge in [0.15, 0.2) is 0 Å². The Labute approximate surface area is 107 Å². The molecule has 1 aromatic rings. The average Bonchev–Trinajstić information content (AvgIpc) is 2.27. The van der Waals surface area contributed by atoms with Crippen LogP contribution in [0.15, 0.2) is 23.2 Å². The predicted molar refractivity (Wildman–Crippen MR) is 60.7 cm³/mol. The molecule has 0 aromatic carbocycles. The summed E-state index contributed by atoms with van der Waals surface area (Å²) in [6, 6.07) is 2.36. The van der Waals surface area contributed by atoms with Crippen LogP contribution in [-0.2, 0) is 14.8 Å². The van der Waals surface area contributed by atoms with Crippen molar-refractivity contribution in [2.24, 2.45) is 0 Å². The molecule has 6 nitrogen and oxygen atoms in total. The summed E-state index contributed by atoms with van der Waals surface area (Å²) in [5.74, 6) is 0.0243. The first-order chi connectivity index (χ1) is 8.71. The van der Waals surface area contributed by atoms with Gasteiger partial charge in [-0.15, -0.1) is 0 Å². The summed E-state index contributed by atoms with van der Waals surface area (Å²) in [6.45, 7) is -2.09. The number of ether oxygens (including phenoxy) is 1. The molecule has 0 bridgehead atoms. The van der Waals surface area contributed by atoms with Crippen molar-refractivity contribution in [1.82, 2.24) is 9.71 Å². The van der Waals surface area contributed by atoms with Gasteiger partial charge < -0.3 is 10.5 Å². The van der Waals surface area contributed by atoms with E-state index < -0.39 is 22.8 Å². The van der Waals surface area contributed by atoms with Gasteiger partial charge in [0.25, 0.3) is 0 Å². The molecule has 3 N–H and O–H groups in total. The highest BCUT2D eigenvalue weighted by molar-refractivity contribution is 7.89. The van der Waals surface area contributed by atoms with Crippen LogP contribution in [-0.4, -0.2) is 39.3 Å². The van der Waals surface area contributed by atoms with Crippen molar-refractivity contribution in [3.8, 4) is 0 Å². The van der Waals surface area contributed by atoms with Crippen LogP contribution in [0.3, 0.4) is 0 Å². The molecule has 19 heavy (non-hydrogen) atoms. The average molecular weight is 299 g/mol. The van der Waals surface area contributed by atoms with E-state index in [2.05, 4.69) is 14.4 Å². The van der Waals surface area contributed by atoms with Crippen LogP contribution >= 0.6 is 0 Å². The van der Waals surface area contributed by atoms with Gasteiger partial charge in [0.1, 0.15) is 12.4 Å². The lowest BCUT2D eigenvalue weighted by atomic mass is 10.5. The third kappa shape index (κ3) is 5.85. The number of nitrogens with zero attached hydrogens (tertiary/aromatic N) is 1. The first-order valence-corrected chi connectivity index (χ1v) is 6.55.